The quantitative estimate of drug-likeness (QED) is 0.793. The largest absolute Gasteiger partial charge is 0.486 e. The Morgan fingerprint density at radius 2 is 1.88 bits per heavy atom. The summed E-state index contributed by atoms with van der Waals surface area (Å²) in [6, 6.07) is 7.25. The number of hydrogen-bond acceptors (Lipinski definition) is 3. The monoisotopic (exact) mass is 378 g/mol. The van der Waals surface area contributed by atoms with E-state index in [-0.39, 0.29) is 18.6 Å². The number of nitrogens with one attached hydrogen (secondary N) is 1. The van der Waals surface area contributed by atoms with Crippen molar-refractivity contribution in [2.24, 2.45) is 0 Å². The number of ether oxygens (including phenoxy) is 1. The van der Waals surface area contributed by atoms with Crippen LogP contribution in [0.5, 0.6) is 5.75 Å². The molecule has 1 aromatic heterocycles. The molecule has 0 spiro atoms. The van der Waals surface area contributed by atoms with Gasteiger partial charge in [-0.05, 0) is 31.0 Å². The van der Waals surface area contributed by atoms with Gasteiger partial charge in [0.15, 0.2) is 5.75 Å². The third kappa shape index (κ3) is 4.86. The van der Waals surface area contributed by atoms with Gasteiger partial charge in [0.05, 0.1) is 15.6 Å². The average Bonchev–Trinajstić information content (AvgIpc) is 2.62. The summed E-state index contributed by atoms with van der Waals surface area (Å²) in [4.78, 5) is 16.6. The lowest BCUT2D eigenvalue weighted by Crippen LogP contribution is -2.36. The number of carbonyl (C=O) groups excluding carboxylic acids is 1. The number of benzene rings is 1. The molecule has 1 amide bonds. The van der Waals surface area contributed by atoms with Gasteiger partial charge in [0.1, 0.15) is 6.61 Å². The Morgan fingerprint density at radius 1 is 1.16 bits per heavy atom. The van der Waals surface area contributed by atoms with Crippen LogP contribution in [-0.2, 0) is 6.61 Å². The number of amides is 1. The summed E-state index contributed by atoms with van der Waals surface area (Å²) in [6.07, 6.45) is 8.95. The molecule has 0 unspecified atom stereocenters. The molecule has 132 valence electrons. The third-order valence-electron chi connectivity index (χ3n) is 4.30. The van der Waals surface area contributed by atoms with Crippen LogP contribution in [0, 0.1) is 0 Å². The number of hydrogen-bond donors (Lipinski definition) is 1. The molecule has 2 aromatic rings. The van der Waals surface area contributed by atoms with Crippen LogP contribution in [0.4, 0.5) is 0 Å². The Morgan fingerprint density at radius 3 is 2.60 bits per heavy atom. The smallest absolute Gasteiger partial charge is 0.253 e. The molecule has 1 aliphatic rings. The van der Waals surface area contributed by atoms with Gasteiger partial charge in [0, 0.05) is 24.0 Å². The Bertz CT molecular complexity index is 726. The van der Waals surface area contributed by atoms with Gasteiger partial charge in [-0.1, -0.05) is 48.5 Å². The van der Waals surface area contributed by atoms with E-state index in [9.17, 15) is 4.79 Å². The van der Waals surface area contributed by atoms with Crippen LogP contribution in [-0.4, -0.2) is 16.9 Å². The molecule has 1 aromatic carbocycles. The zero-order chi connectivity index (χ0) is 17.6. The minimum atomic E-state index is -0.0861. The summed E-state index contributed by atoms with van der Waals surface area (Å²) in [5, 5.41) is 3.99. The molecule has 1 N–H and O–H groups in total. The van der Waals surface area contributed by atoms with Crippen molar-refractivity contribution in [3.63, 3.8) is 0 Å². The molecule has 1 heterocycles. The highest BCUT2D eigenvalue weighted by atomic mass is 35.5. The van der Waals surface area contributed by atoms with E-state index in [1.807, 2.05) is 0 Å². The average molecular weight is 379 g/mol. The molecule has 1 saturated carbocycles. The fraction of sp³-hybridized carbons (Fsp3) is 0.368. The highest BCUT2D eigenvalue weighted by molar-refractivity contribution is 6.37. The Hall–Kier alpha value is -1.78. The second-order valence-electron chi connectivity index (χ2n) is 6.23. The van der Waals surface area contributed by atoms with Crippen molar-refractivity contribution in [1.29, 1.82) is 0 Å². The Labute approximate surface area is 157 Å². The lowest BCUT2D eigenvalue weighted by molar-refractivity contribution is 0.0927. The molecule has 4 nitrogen and oxygen atoms in total. The van der Waals surface area contributed by atoms with Crippen molar-refractivity contribution < 1.29 is 9.53 Å². The van der Waals surface area contributed by atoms with E-state index >= 15 is 0 Å². The van der Waals surface area contributed by atoms with Gasteiger partial charge in [-0.3, -0.25) is 9.78 Å². The molecule has 1 fully saturated rings. The van der Waals surface area contributed by atoms with E-state index in [1.165, 1.54) is 19.3 Å². The van der Waals surface area contributed by atoms with Crippen LogP contribution in [0.15, 0.2) is 36.7 Å². The summed E-state index contributed by atoms with van der Waals surface area (Å²) in [5.41, 5.74) is 1.32. The summed E-state index contributed by atoms with van der Waals surface area (Å²) >= 11 is 12.2. The fourth-order valence-electron chi connectivity index (χ4n) is 2.98. The van der Waals surface area contributed by atoms with Crippen LogP contribution < -0.4 is 10.1 Å². The molecular weight excluding hydrogens is 359 g/mol. The van der Waals surface area contributed by atoms with Crippen LogP contribution >= 0.6 is 23.2 Å². The van der Waals surface area contributed by atoms with Crippen molar-refractivity contribution in [2.45, 2.75) is 44.8 Å². The summed E-state index contributed by atoms with van der Waals surface area (Å²) in [7, 11) is 0. The van der Waals surface area contributed by atoms with Gasteiger partial charge in [-0.2, -0.15) is 0 Å². The number of halogens is 2. The van der Waals surface area contributed by atoms with Crippen LogP contribution in [0.3, 0.4) is 0 Å². The zero-order valence-electron chi connectivity index (χ0n) is 13.8. The standard InChI is InChI=1S/C19H20Cl2N2O2/c20-16-7-4-8-17(21)18(16)25-12-13-9-14(11-22-10-13)19(24)23-15-5-2-1-3-6-15/h4,7-11,15H,1-3,5-6,12H2,(H,23,24). The number of carbonyl (C=O) groups is 1. The van der Waals surface area contributed by atoms with E-state index in [1.54, 1.807) is 36.7 Å². The third-order valence-corrected chi connectivity index (χ3v) is 4.89. The minimum absolute atomic E-state index is 0.0861. The molecule has 0 bridgehead atoms. The van der Waals surface area contributed by atoms with Gasteiger partial charge < -0.3 is 10.1 Å². The van der Waals surface area contributed by atoms with Gasteiger partial charge in [-0.15, -0.1) is 0 Å². The SMILES string of the molecule is O=C(NC1CCCCC1)c1cncc(COc2c(Cl)cccc2Cl)c1. The highest BCUT2D eigenvalue weighted by Gasteiger charge is 2.17. The first-order valence-corrected chi connectivity index (χ1v) is 9.20. The molecule has 0 atom stereocenters. The first kappa shape index (κ1) is 18.0. The van der Waals surface area contributed by atoms with Gasteiger partial charge >= 0.3 is 0 Å². The van der Waals surface area contributed by atoms with Crippen LogP contribution in [0.2, 0.25) is 10.0 Å². The van der Waals surface area contributed by atoms with E-state index in [0.29, 0.717) is 21.4 Å². The van der Waals surface area contributed by atoms with Crippen molar-refractivity contribution in [2.75, 3.05) is 0 Å². The lowest BCUT2D eigenvalue weighted by atomic mass is 9.95. The molecule has 0 radical (unpaired) electrons. The maximum absolute atomic E-state index is 12.4. The second-order valence-corrected chi connectivity index (χ2v) is 7.04. The molecule has 0 saturated heterocycles. The van der Waals surface area contributed by atoms with Gasteiger partial charge in [-0.25, -0.2) is 0 Å². The van der Waals surface area contributed by atoms with Crippen LogP contribution in [0.25, 0.3) is 0 Å². The number of pyridine rings is 1. The molecule has 3 rings (SSSR count). The fourth-order valence-corrected chi connectivity index (χ4v) is 3.49. The number of nitrogens with zero attached hydrogens (tertiary/aromatic N) is 1. The Balaban J connectivity index is 1.63. The van der Waals surface area contributed by atoms with Crippen molar-refractivity contribution in [1.82, 2.24) is 10.3 Å². The van der Waals surface area contributed by atoms with E-state index < -0.39 is 0 Å². The van der Waals surface area contributed by atoms with Crippen molar-refractivity contribution in [3.8, 4) is 5.75 Å². The summed E-state index contributed by atoms with van der Waals surface area (Å²) in [5.74, 6) is 0.347. The van der Waals surface area contributed by atoms with E-state index in [4.69, 9.17) is 27.9 Å². The maximum atomic E-state index is 12.4. The number of para-hydroxylation sites is 1. The number of aromatic nitrogens is 1. The predicted molar refractivity (Wildman–Crippen MR) is 99.4 cm³/mol. The minimum Gasteiger partial charge on any atom is -0.486 e. The molecule has 1 aliphatic carbocycles. The van der Waals surface area contributed by atoms with Crippen LogP contribution in [0.1, 0.15) is 48.0 Å². The molecule has 6 heteroatoms. The van der Waals surface area contributed by atoms with E-state index in [2.05, 4.69) is 10.3 Å². The lowest BCUT2D eigenvalue weighted by Gasteiger charge is -2.22. The number of rotatable bonds is 5. The molecule has 25 heavy (non-hydrogen) atoms. The summed E-state index contributed by atoms with van der Waals surface area (Å²) < 4.78 is 5.70. The van der Waals surface area contributed by atoms with Crippen molar-refractivity contribution >= 4 is 29.1 Å². The normalized spacial score (nSPS) is 15.0. The molecule has 0 aliphatic heterocycles. The van der Waals surface area contributed by atoms with E-state index in [0.717, 1.165) is 18.4 Å². The molecular formula is C19H20Cl2N2O2. The van der Waals surface area contributed by atoms with Crippen molar-refractivity contribution in [3.05, 3.63) is 57.8 Å². The first-order chi connectivity index (χ1) is 12.1. The topological polar surface area (TPSA) is 51.2 Å². The Kier molecular flexibility index (Phi) is 6.16. The highest BCUT2D eigenvalue weighted by Crippen LogP contribution is 2.32. The zero-order valence-corrected chi connectivity index (χ0v) is 15.3. The van der Waals surface area contributed by atoms with Gasteiger partial charge in [0.25, 0.3) is 5.91 Å². The first-order valence-electron chi connectivity index (χ1n) is 8.45. The summed E-state index contributed by atoms with van der Waals surface area (Å²) in [6.45, 7) is 0.237. The maximum Gasteiger partial charge on any atom is 0.253 e. The second kappa shape index (κ2) is 8.54. The van der Waals surface area contributed by atoms with Gasteiger partial charge in [0.2, 0.25) is 0 Å². The predicted octanol–water partition coefficient (Wildman–Crippen LogP) is 5.03.